The third-order valence-corrected chi connectivity index (χ3v) is 2.62. The second-order valence-corrected chi connectivity index (χ2v) is 5.62. The van der Waals surface area contributed by atoms with Gasteiger partial charge >= 0.3 is 0 Å². The van der Waals surface area contributed by atoms with E-state index in [4.69, 9.17) is 10.5 Å². The standard InChI is InChI=1S/C14H23NO/c1-10-6-7-13(16-5)11(8-10)12(15)9-14(2,3)4/h6-8,12H,9,15H2,1-5H3. The Balaban J connectivity index is 2.97. The molecule has 0 saturated heterocycles. The first kappa shape index (κ1) is 13.0. The fraction of sp³-hybridized carbons (Fsp3) is 0.571. The van der Waals surface area contributed by atoms with Crippen molar-refractivity contribution < 1.29 is 4.74 Å². The van der Waals surface area contributed by atoms with Crippen molar-refractivity contribution in [2.24, 2.45) is 11.1 Å². The maximum atomic E-state index is 6.25. The van der Waals surface area contributed by atoms with E-state index in [0.717, 1.165) is 17.7 Å². The Hall–Kier alpha value is -1.02. The number of rotatable bonds is 3. The highest BCUT2D eigenvalue weighted by Gasteiger charge is 2.19. The molecule has 0 amide bonds. The third kappa shape index (κ3) is 3.53. The zero-order chi connectivity index (χ0) is 12.3. The quantitative estimate of drug-likeness (QED) is 0.848. The van der Waals surface area contributed by atoms with Crippen LogP contribution in [0.2, 0.25) is 0 Å². The maximum absolute atomic E-state index is 6.25. The Morgan fingerprint density at radius 1 is 1.31 bits per heavy atom. The summed E-state index contributed by atoms with van der Waals surface area (Å²) >= 11 is 0. The molecule has 0 radical (unpaired) electrons. The van der Waals surface area contributed by atoms with Crippen molar-refractivity contribution in [3.05, 3.63) is 29.3 Å². The van der Waals surface area contributed by atoms with E-state index < -0.39 is 0 Å². The first-order valence-electron chi connectivity index (χ1n) is 5.73. The van der Waals surface area contributed by atoms with Gasteiger partial charge in [-0.1, -0.05) is 38.5 Å². The normalized spacial score (nSPS) is 13.6. The van der Waals surface area contributed by atoms with Crippen LogP contribution in [0.3, 0.4) is 0 Å². The van der Waals surface area contributed by atoms with Crippen LogP contribution in [0, 0.1) is 12.3 Å². The number of nitrogens with two attached hydrogens (primary N) is 1. The number of hydrogen-bond donors (Lipinski definition) is 1. The van der Waals surface area contributed by atoms with E-state index in [1.165, 1.54) is 5.56 Å². The van der Waals surface area contributed by atoms with E-state index in [0.29, 0.717) is 0 Å². The molecule has 90 valence electrons. The second kappa shape index (κ2) is 4.88. The molecule has 1 aromatic rings. The van der Waals surface area contributed by atoms with Gasteiger partial charge in [0.25, 0.3) is 0 Å². The maximum Gasteiger partial charge on any atom is 0.123 e. The zero-order valence-corrected chi connectivity index (χ0v) is 11.0. The van der Waals surface area contributed by atoms with Gasteiger partial charge in [0.1, 0.15) is 5.75 Å². The van der Waals surface area contributed by atoms with Crippen molar-refractivity contribution in [1.29, 1.82) is 0 Å². The number of benzene rings is 1. The summed E-state index contributed by atoms with van der Waals surface area (Å²) in [5.74, 6) is 0.891. The molecule has 1 unspecified atom stereocenters. The lowest BCUT2D eigenvalue weighted by Crippen LogP contribution is -2.19. The Morgan fingerprint density at radius 2 is 1.94 bits per heavy atom. The minimum Gasteiger partial charge on any atom is -0.496 e. The summed E-state index contributed by atoms with van der Waals surface area (Å²) in [5, 5.41) is 0. The van der Waals surface area contributed by atoms with Crippen LogP contribution in [0.4, 0.5) is 0 Å². The molecule has 0 heterocycles. The molecule has 2 N–H and O–H groups in total. The van der Waals surface area contributed by atoms with Crippen molar-refractivity contribution in [3.8, 4) is 5.75 Å². The van der Waals surface area contributed by atoms with E-state index in [2.05, 4.69) is 33.8 Å². The highest BCUT2D eigenvalue weighted by molar-refractivity contribution is 5.39. The van der Waals surface area contributed by atoms with Gasteiger partial charge in [0, 0.05) is 11.6 Å². The lowest BCUT2D eigenvalue weighted by molar-refractivity contribution is 0.334. The highest BCUT2D eigenvalue weighted by atomic mass is 16.5. The minimum atomic E-state index is 0.0369. The smallest absolute Gasteiger partial charge is 0.123 e. The summed E-state index contributed by atoms with van der Waals surface area (Å²) in [5.41, 5.74) is 8.81. The minimum absolute atomic E-state index is 0.0369. The number of ether oxygens (including phenoxy) is 1. The highest BCUT2D eigenvalue weighted by Crippen LogP contribution is 2.32. The van der Waals surface area contributed by atoms with Gasteiger partial charge in [-0.15, -0.1) is 0 Å². The Bertz CT molecular complexity index is 352. The van der Waals surface area contributed by atoms with Crippen LogP contribution >= 0.6 is 0 Å². The Morgan fingerprint density at radius 3 is 2.44 bits per heavy atom. The molecule has 0 saturated carbocycles. The molecule has 0 aromatic heterocycles. The van der Waals surface area contributed by atoms with Crippen molar-refractivity contribution >= 4 is 0 Å². The lowest BCUT2D eigenvalue weighted by Gasteiger charge is -2.24. The van der Waals surface area contributed by atoms with E-state index in [1.807, 2.05) is 12.1 Å². The second-order valence-electron chi connectivity index (χ2n) is 5.62. The van der Waals surface area contributed by atoms with Gasteiger partial charge in [-0.25, -0.2) is 0 Å². The van der Waals surface area contributed by atoms with Crippen molar-refractivity contribution in [2.45, 2.75) is 40.2 Å². The van der Waals surface area contributed by atoms with Gasteiger partial charge in [0.2, 0.25) is 0 Å². The summed E-state index contributed by atoms with van der Waals surface area (Å²) < 4.78 is 5.36. The van der Waals surface area contributed by atoms with Gasteiger partial charge in [0.15, 0.2) is 0 Å². The lowest BCUT2D eigenvalue weighted by atomic mass is 9.85. The van der Waals surface area contributed by atoms with Gasteiger partial charge in [-0.2, -0.15) is 0 Å². The van der Waals surface area contributed by atoms with Crippen LogP contribution in [0.25, 0.3) is 0 Å². The van der Waals surface area contributed by atoms with Gasteiger partial charge in [-0.05, 0) is 24.8 Å². The molecule has 0 aliphatic rings. The molecule has 0 aliphatic heterocycles. The molecule has 2 nitrogen and oxygen atoms in total. The van der Waals surface area contributed by atoms with E-state index in [9.17, 15) is 0 Å². The fourth-order valence-corrected chi connectivity index (χ4v) is 1.91. The number of aryl methyl sites for hydroxylation is 1. The monoisotopic (exact) mass is 221 g/mol. The molecule has 0 bridgehead atoms. The van der Waals surface area contributed by atoms with Crippen molar-refractivity contribution in [3.63, 3.8) is 0 Å². The first-order chi connectivity index (χ1) is 7.33. The molecule has 0 fully saturated rings. The SMILES string of the molecule is COc1ccc(C)cc1C(N)CC(C)(C)C. The number of hydrogen-bond acceptors (Lipinski definition) is 2. The molecule has 1 atom stereocenters. The van der Waals surface area contributed by atoms with E-state index in [-0.39, 0.29) is 11.5 Å². The molecule has 0 spiro atoms. The van der Waals surface area contributed by atoms with Crippen LogP contribution in [0.1, 0.15) is 44.4 Å². The molecule has 1 rings (SSSR count). The average Bonchev–Trinajstić information content (AvgIpc) is 2.15. The summed E-state index contributed by atoms with van der Waals surface area (Å²) in [6.45, 7) is 8.69. The Kier molecular flexibility index (Phi) is 3.98. The molecule has 16 heavy (non-hydrogen) atoms. The summed E-state index contributed by atoms with van der Waals surface area (Å²) in [7, 11) is 1.69. The summed E-state index contributed by atoms with van der Waals surface area (Å²) in [4.78, 5) is 0. The molecular weight excluding hydrogens is 198 g/mol. The largest absolute Gasteiger partial charge is 0.496 e. The third-order valence-electron chi connectivity index (χ3n) is 2.62. The van der Waals surface area contributed by atoms with Gasteiger partial charge < -0.3 is 10.5 Å². The van der Waals surface area contributed by atoms with Gasteiger partial charge in [-0.3, -0.25) is 0 Å². The molecular formula is C14H23NO. The fourth-order valence-electron chi connectivity index (χ4n) is 1.91. The van der Waals surface area contributed by atoms with Crippen molar-refractivity contribution in [2.75, 3.05) is 7.11 Å². The first-order valence-corrected chi connectivity index (χ1v) is 5.73. The van der Waals surface area contributed by atoms with Crippen LogP contribution < -0.4 is 10.5 Å². The predicted octanol–water partition coefficient (Wildman–Crippen LogP) is 3.44. The topological polar surface area (TPSA) is 35.2 Å². The average molecular weight is 221 g/mol. The number of methoxy groups -OCH3 is 1. The molecule has 0 aliphatic carbocycles. The van der Waals surface area contributed by atoms with Crippen LogP contribution in [-0.2, 0) is 0 Å². The van der Waals surface area contributed by atoms with Crippen LogP contribution in [-0.4, -0.2) is 7.11 Å². The van der Waals surface area contributed by atoms with E-state index >= 15 is 0 Å². The van der Waals surface area contributed by atoms with Crippen LogP contribution in [0.15, 0.2) is 18.2 Å². The zero-order valence-electron chi connectivity index (χ0n) is 11.0. The summed E-state index contributed by atoms with van der Waals surface area (Å²) in [6.07, 6.45) is 0.951. The molecule has 2 heteroatoms. The van der Waals surface area contributed by atoms with Gasteiger partial charge in [0.05, 0.1) is 7.11 Å². The predicted molar refractivity (Wildman–Crippen MR) is 68.7 cm³/mol. The Labute approximate surface area is 98.8 Å². The van der Waals surface area contributed by atoms with Crippen molar-refractivity contribution in [1.82, 2.24) is 0 Å². The van der Waals surface area contributed by atoms with E-state index in [1.54, 1.807) is 7.11 Å². The molecule has 1 aromatic carbocycles. The summed E-state index contributed by atoms with van der Waals surface area (Å²) in [6, 6.07) is 6.20. The van der Waals surface area contributed by atoms with Crippen LogP contribution in [0.5, 0.6) is 5.75 Å².